The molecule has 7 rings (SSSR count). The maximum Gasteiger partial charge on any atom is 0.205 e. The van der Waals surface area contributed by atoms with E-state index >= 15 is 0 Å². The van der Waals surface area contributed by atoms with E-state index in [0.717, 1.165) is 40.8 Å². The van der Waals surface area contributed by atoms with E-state index in [2.05, 4.69) is 43.8 Å². The lowest BCUT2D eigenvalue weighted by Crippen LogP contribution is -2.05. The average molecular weight is 482 g/mol. The number of nitrogens with one attached hydrogen (secondary N) is 1. The number of halogens is 1. The lowest BCUT2D eigenvalue weighted by atomic mass is 9.85. The molecule has 2 aliphatic rings. The molecule has 0 spiro atoms. The molecule has 1 aliphatic carbocycles. The number of oxazole rings is 1. The van der Waals surface area contributed by atoms with Gasteiger partial charge in [0.05, 0.1) is 13.0 Å². The molecule has 3 aromatic carbocycles. The first-order valence-electron chi connectivity index (χ1n) is 12.4. The molecule has 0 radical (unpaired) electrons. The van der Waals surface area contributed by atoms with Crippen LogP contribution in [0.1, 0.15) is 48.6 Å². The summed E-state index contributed by atoms with van der Waals surface area (Å²) < 4.78 is 26.1. The Hall–Kier alpha value is -4.07. The molecule has 5 aromatic rings. The number of fused-ring (bicyclic) bond motifs is 2. The Morgan fingerprint density at radius 1 is 1.00 bits per heavy atom. The monoisotopic (exact) mass is 481 g/mol. The van der Waals surface area contributed by atoms with E-state index in [0.29, 0.717) is 47.7 Å². The molecule has 8 heteroatoms. The normalized spacial score (nSPS) is 17.5. The summed E-state index contributed by atoms with van der Waals surface area (Å²) in [6, 6.07) is 17.0. The van der Waals surface area contributed by atoms with Gasteiger partial charge in [-0.05, 0) is 83.7 Å². The van der Waals surface area contributed by atoms with Crippen LogP contribution in [0.3, 0.4) is 0 Å². The third-order valence-corrected chi connectivity index (χ3v) is 7.25. The number of hydrogen-bond donors (Lipinski definition) is 1. The van der Waals surface area contributed by atoms with E-state index < -0.39 is 0 Å². The minimum Gasteiger partial charge on any atom is -0.493 e. The Morgan fingerprint density at radius 2 is 1.89 bits per heavy atom. The third-order valence-electron chi connectivity index (χ3n) is 7.25. The van der Waals surface area contributed by atoms with Crippen LogP contribution in [0.5, 0.6) is 5.75 Å². The first-order chi connectivity index (χ1) is 17.7. The van der Waals surface area contributed by atoms with Crippen LogP contribution in [0.4, 0.5) is 4.39 Å². The molecule has 7 nitrogen and oxygen atoms in total. The predicted octanol–water partition coefficient (Wildman–Crippen LogP) is 6.07. The van der Waals surface area contributed by atoms with Crippen molar-refractivity contribution < 1.29 is 13.5 Å². The Labute approximate surface area is 206 Å². The molecule has 0 saturated heterocycles. The largest absolute Gasteiger partial charge is 0.493 e. The van der Waals surface area contributed by atoms with Crippen molar-refractivity contribution in [3.8, 4) is 28.3 Å². The van der Waals surface area contributed by atoms with E-state index in [1.165, 1.54) is 30.5 Å². The van der Waals surface area contributed by atoms with Gasteiger partial charge in [0.25, 0.3) is 0 Å². The van der Waals surface area contributed by atoms with Crippen molar-refractivity contribution in [1.29, 1.82) is 0 Å². The van der Waals surface area contributed by atoms with Crippen LogP contribution in [0.25, 0.3) is 33.6 Å². The first kappa shape index (κ1) is 21.2. The molecule has 1 N–H and O–H groups in total. The van der Waals surface area contributed by atoms with E-state index in [4.69, 9.17) is 9.15 Å². The van der Waals surface area contributed by atoms with Gasteiger partial charge < -0.3 is 9.15 Å². The lowest BCUT2D eigenvalue weighted by Gasteiger charge is -2.21. The number of ether oxygens (including phenoxy) is 1. The molecule has 1 aliphatic heterocycles. The second-order valence-electron chi connectivity index (χ2n) is 9.67. The van der Waals surface area contributed by atoms with Crippen LogP contribution in [0, 0.1) is 11.7 Å². The standard InChI is InChI=1S/C28H24FN5O2/c29-19-9-10-25-24(15-19)30-26(36-25)14-18-12-17(21-4-1-2-5-22(21)28-31-33-34-32-28)13-23-20(16-7-8-16)6-3-11-35-27(18)23/h1-2,4-5,9-10,12-13,15-16,20H,3,6-8,11,14H2,(H,31,32,33,34). The molecule has 1 saturated carbocycles. The first-order valence-corrected chi connectivity index (χ1v) is 12.4. The van der Waals surface area contributed by atoms with Gasteiger partial charge in [-0.15, -0.1) is 10.2 Å². The van der Waals surface area contributed by atoms with Crippen molar-refractivity contribution in [1.82, 2.24) is 25.6 Å². The molecule has 36 heavy (non-hydrogen) atoms. The number of hydrogen-bond acceptors (Lipinski definition) is 6. The van der Waals surface area contributed by atoms with Crippen LogP contribution in [-0.4, -0.2) is 32.2 Å². The van der Waals surface area contributed by atoms with Crippen molar-refractivity contribution in [3.63, 3.8) is 0 Å². The quantitative estimate of drug-likeness (QED) is 0.328. The molecule has 1 atom stereocenters. The SMILES string of the molecule is Fc1ccc2oc(Cc3cc(-c4ccccc4-c4nn[nH]n4)cc4c3OCCCC4C3CC3)nc2c1. The van der Waals surface area contributed by atoms with Gasteiger partial charge in [0, 0.05) is 17.2 Å². The highest BCUT2D eigenvalue weighted by molar-refractivity contribution is 5.82. The number of H-pyrrole nitrogens is 1. The molecule has 0 bridgehead atoms. The second kappa shape index (κ2) is 8.55. The number of nitrogens with zero attached hydrogens (tertiary/aromatic N) is 4. The maximum atomic E-state index is 13.7. The summed E-state index contributed by atoms with van der Waals surface area (Å²) in [5.41, 5.74) is 6.38. The lowest BCUT2D eigenvalue weighted by molar-refractivity contribution is 0.312. The van der Waals surface area contributed by atoms with E-state index in [1.807, 2.05) is 18.2 Å². The van der Waals surface area contributed by atoms with Gasteiger partial charge in [-0.25, -0.2) is 9.37 Å². The van der Waals surface area contributed by atoms with Crippen LogP contribution < -0.4 is 4.74 Å². The Morgan fingerprint density at radius 3 is 2.72 bits per heavy atom. The topological polar surface area (TPSA) is 89.7 Å². The summed E-state index contributed by atoms with van der Waals surface area (Å²) in [6.45, 7) is 0.695. The average Bonchev–Trinajstić information content (AvgIpc) is 3.49. The summed E-state index contributed by atoms with van der Waals surface area (Å²) in [4.78, 5) is 4.57. The fourth-order valence-corrected chi connectivity index (χ4v) is 5.47. The Balaban J connectivity index is 1.39. The van der Waals surface area contributed by atoms with Crippen LogP contribution >= 0.6 is 0 Å². The van der Waals surface area contributed by atoms with Crippen LogP contribution in [0.2, 0.25) is 0 Å². The van der Waals surface area contributed by atoms with E-state index in [9.17, 15) is 4.39 Å². The smallest absolute Gasteiger partial charge is 0.205 e. The number of aromatic nitrogens is 5. The van der Waals surface area contributed by atoms with Gasteiger partial charge in [-0.3, -0.25) is 0 Å². The fourth-order valence-electron chi connectivity index (χ4n) is 5.47. The van der Waals surface area contributed by atoms with Crippen molar-refractivity contribution in [3.05, 3.63) is 77.4 Å². The van der Waals surface area contributed by atoms with Gasteiger partial charge in [0.2, 0.25) is 5.82 Å². The summed E-state index contributed by atoms with van der Waals surface area (Å²) in [7, 11) is 0. The van der Waals surface area contributed by atoms with Gasteiger partial charge in [0.1, 0.15) is 17.1 Å². The van der Waals surface area contributed by atoms with Gasteiger partial charge >= 0.3 is 0 Å². The van der Waals surface area contributed by atoms with Crippen LogP contribution in [0.15, 0.2) is 59.0 Å². The highest BCUT2D eigenvalue weighted by Crippen LogP contribution is 2.51. The van der Waals surface area contributed by atoms with E-state index in [-0.39, 0.29) is 5.82 Å². The predicted molar refractivity (Wildman–Crippen MR) is 132 cm³/mol. The zero-order valence-corrected chi connectivity index (χ0v) is 19.6. The molecule has 180 valence electrons. The minimum atomic E-state index is -0.327. The van der Waals surface area contributed by atoms with Crippen molar-refractivity contribution in [2.45, 2.75) is 38.0 Å². The van der Waals surface area contributed by atoms with Crippen molar-refractivity contribution in [2.75, 3.05) is 6.61 Å². The number of tetrazole rings is 1. The molecule has 1 unspecified atom stereocenters. The van der Waals surface area contributed by atoms with Gasteiger partial charge in [-0.2, -0.15) is 5.21 Å². The minimum absolute atomic E-state index is 0.327. The van der Waals surface area contributed by atoms with Crippen LogP contribution in [-0.2, 0) is 6.42 Å². The molecular formula is C28H24FN5O2. The zero-order valence-electron chi connectivity index (χ0n) is 19.6. The molecule has 2 aromatic heterocycles. The summed E-state index contributed by atoms with van der Waals surface area (Å²) in [5, 5.41) is 14.8. The van der Waals surface area contributed by atoms with E-state index in [1.54, 1.807) is 6.07 Å². The highest BCUT2D eigenvalue weighted by Gasteiger charge is 2.36. The zero-order chi connectivity index (χ0) is 24.1. The Kier molecular flexibility index (Phi) is 5.04. The molecular weight excluding hydrogens is 457 g/mol. The van der Waals surface area contributed by atoms with Crippen molar-refractivity contribution >= 4 is 11.1 Å². The molecule has 3 heterocycles. The number of aromatic amines is 1. The van der Waals surface area contributed by atoms with Gasteiger partial charge in [0.15, 0.2) is 11.5 Å². The summed E-state index contributed by atoms with van der Waals surface area (Å²) in [5.74, 6) is 2.88. The molecule has 0 amide bonds. The Bertz CT molecular complexity index is 1560. The number of benzene rings is 3. The second-order valence-corrected chi connectivity index (χ2v) is 9.67. The van der Waals surface area contributed by atoms with Crippen molar-refractivity contribution in [2.24, 2.45) is 5.92 Å². The van der Waals surface area contributed by atoms with Gasteiger partial charge in [-0.1, -0.05) is 24.3 Å². The highest BCUT2D eigenvalue weighted by atomic mass is 19.1. The molecule has 1 fully saturated rings. The summed E-state index contributed by atoms with van der Waals surface area (Å²) in [6.07, 6.45) is 5.13. The summed E-state index contributed by atoms with van der Waals surface area (Å²) >= 11 is 0. The maximum absolute atomic E-state index is 13.7. The number of rotatable bonds is 5. The third kappa shape index (κ3) is 3.82. The fraction of sp³-hybridized carbons (Fsp3) is 0.286.